The molecular formula is C17H18ClN5OS. The minimum atomic E-state index is -0.164. The monoisotopic (exact) mass is 375 g/mol. The first-order chi connectivity index (χ1) is 11.9. The Labute approximate surface area is 155 Å². The largest absolute Gasteiger partial charge is 0.349 e. The van der Waals surface area contributed by atoms with E-state index in [0.29, 0.717) is 16.0 Å². The van der Waals surface area contributed by atoms with Crippen LogP contribution in [0.4, 0.5) is 0 Å². The van der Waals surface area contributed by atoms with Crippen LogP contribution in [0.5, 0.6) is 0 Å². The first kappa shape index (κ1) is 17.7. The fraction of sp³-hybridized carbons (Fsp3) is 0.294. The summed E-state index contributed by atoms with van der Waals surface area (Å²) in [5.74, 6) is 0.672. The lowest BCUT2D eigenvalue weighted by Crippen LogP contribution is -2.28. The number of nitrogens with one attached hydrogen (secondary N) is 1. The minimum Gasteiger partial charge on any atom is -0.349 e. The van der Waals surface area contributed by atoms with Gasteiger partial charge >= 0.3 is 0 Å². The molecule has 0 radical (unpaired) electrons. The molecule has 2 heterocycles. The van der Waals surface area contributed by atoms with Crippen molar-refractivity contribution in [2.45, 2.75) is 32.0 Å². The summed E-state index contributed by atoms with van der Waals surface area (Å²) in [5, 5.41) is 8.49. The van der Waals surface area contributed by atoms with Crippen molar-refractivity contribution >= 4 is 35.0 Å². The van der Waals surface area contributed by atoms with Gasteiger partial charge in [0, 0.05) is 16.4 Å². The topological polar surface area (TPSA) is 72.2 Å². The van der Waals surface area contributed by atoms with Crippen LogP contribution in [0, 0.1) is 13.8 Å². The van der Waals surface area contributed by atoms with E-state index in [4.69, 9.17) is 11.6 Å². The molecule has 0 unspecified atom stereocenters. The Hall–Kier alpha value is -2.12. The number of carbonyl (C=O) groups excluding carboxylic acids is 1. The summed E-state index contributed by atoms with van der Waals surface area (Å²) in [6.07, 6.45) is 0. The molecule has 2 aromatic heterocycles. The fourth-order valence-electron chi connectivity index (χ4n) is 2.53. The normalized spacial score (nSPS) is 12.3. The molecule has 0 aliphatic rings. The van der Waals surface area contributed by atoms with Crippen molar-refractivity contribution in [3.63, 3.8) is 0 Å². The van der Waals surface area contributed by atoms with Gasteiger partial charge in [-0.3, -0.25) is 4.79 Å². The van der Waals surface area contributed by atoms with E-state index < -0.39 is 0 Å². The quantitative estimate of drug-likeness (QED) is 0.692. The molecule has 0 aliphatic carbocycles. The highest BCUT2D eigenvalue weighted by molar-refractivity contribution is 7.99. The predicted molar refractivity (Wildman–Crippen MR) is 99.0 cm³/mol. The summed E-state index contributed by atoms with van der Waals surface area (Å²) in [5.41, 5.74) is 2.74. The van der Waals surface area contributed by atoms with Gasteiger partial charge in [0.25, 0.3) is 5.78 Å². The molecular weight excluding hydrogens is 358 g/mol. The molecule has 25 heavy (non-hydrogen) atoms. The van der Waals surface area contributed by atoms with Crippen molar-refractivity contribution < 1.29 is 4.79 Å². The van der Waals surface area contributed by atoms with Gasteiger partial charge in [0.15, 0.2) is 0 Å². The second kappa shape index (κ2) is 7.41. The van der Waals surface area contributed by atoms with Crippen LogP contribution in [-0.2, 0) is 4.79 Å². The molecule has 1 N–H and O–H groups in total. The maximum Gasteiger partial charge on any atom is 0.253 e. The third-order valence-corrected chi connectivity index (χ3v) is 4.86. The fourth-order valence-corrected chi connectivity index (χ4v) is 3.45. The summed E-state index contributed by atoms with van der Waals surface area (Å²) in [7, 11) is 0. The van der Waals surface area contributed by atoms with Crippen LogP contribution >= 0.6 is 23.4 Å². The highest BCUT2D eigenvalue weighted by atomic mass is 35.5. The molecule has 130 valence electrons. The van der Waals surface area contributed by atoms with E-state index in [1.807, 2.05) is 51.1 Å². The Balaban J connectivity index is 1.63. The molecule has 0 spiro atoms. The van der Waals surface area contributed by atoms with Crippen molar-refractivity contribution in [2.75, 3.05) is 5.75 Å². The summed E-state index contributed by atoms with van der Waals surface area (Å²) >= 11 is 7.44. The van der Waals surface area contributed by atoms with E-state index in [1.165, 1.54) is 11.8 Å². The maximum absolute atomic E-state index is 12.2. The number of rotatable bonds is 5. The highest BCUT2D eigenvalue weighted by Crippen LogP contribution is 2.22. The van der Waals surface area contributed by atoms with Crippen molar-refractivity contribution in [3.05, 3.63) is 52.3 Å². The molecule has 3 rings (SSSR count). The number of amides is 1. The summed E-state index contributed by atoms with van der Waals surface area (Å²) in [6.45, 7) is 5.77. The SMILES string of the molecule is Cc1cc(C)n2nc(SCC(=O)N[C@H](C)c3ccccc3Cl)nc2n1. The van der Waals surface area contributed by atoms with Gasteiger partial charge in [-0.25, -0.2) is 9.50 Å². The van der Waals surface area contributed by atoms with E-state index in [-0.39, 0.29) is 17.7 Å². The first-order valence-corrected chi connectivity index (χ1v) is 9.18. The van der Waals surface area contributed by atoms with Crippen LogP contribution < -0.4 is 5.32 Å². The molecule has 3 aromatic rings. The van der Waals surface area contributed by atoms with Crippen LogP contribution in [-0.4, -0.2) is 31.2 Å². The van der Waals surface area contributed by atoms with Gasteiger partial charge in [0.2, 0.25) is 11.1 Å². The molecule has 1 atom stereocenters. The molecule has 8 heteroatoms. The number of fused-ring (bicyclic) bond motifs is 1. The number of nitrogens with zero attached hydrogens (tertiary/aromatic N) is 4. The zero-order chi connectivity index (χ0) is 18.0. The average Bonchev–Trinajstić information content (AvgIpc) is 2.96. The van der Waals surface area contributed by atoms with Gasteiger partial charge in [0.05, 0.1) is 11.8 Å². The third-order valence-electron chi connectivity index (χ3n) is 3.68. The summed E-state index contributed by atoms with van der Waals surface area (Å²) in [6, 6.07) is 9.25. The van der Waals surface area contributed by atoms with Crippen molar-refractivity contribution in [1.29, 1.82) is 0 Å². The van der Waals surface area contributed by atoms with Crippen LogP contribution in [0.15, 0.2) is 35.5 Å². The van der Waals surface area contributed by atoms with Gasteiger partial charge < -0.3 is 5.32 Å². The Kier molecular flexibility index (Phi) is 5.24. The molecule has 1 amide bonds. The molecule has 0 aliphatic heterocycles. The number of aromatic nitrogens is 4. The number of halogens is 1. The predicted octanol–water partition coefficient (Wildman–Crippen LogP) is 3.36. The van der Waals surface area contributed by atoms with Crippen LogP contribution in [0.25, 0.3) is 5.78 Å². The Morgan fingerprint density at radius 2 is 2.08 bits per heavy atom. The Morgan fingerprint density at radius 1 is 1.32 bits per heavy atom. The number of aryl methyl sites for hydroxylation is 2. The summed E-state index contributed by atoms with van der Waals surface area (Å²) in [4.78, 5) is 20.9. The highest BCUT2D eigenvalue weighted by Gasteiger charge is 2.14. The second-order valence-corrected chi connectivity index (χ2v) is 7.09. The lowest BCUT2D eigenvalue weighted by molar-refractivity contribution is -0.119. The average molecular weight is 376 g/mol. The molecule has 0 saturated carbocycles. The van der Waals surface area contributed by atoms with E-state index in [2.05, 4.69) is 20.4 Å². The van der Waals surface area contributed by atoms with E-state index in [0.717, 1.165) is 17.0 Å². The van der Waals surface area contributed by atoms with E-state index in [1.54, 1.807) is 4.52 Å². The lowest BCUT2D eigenvalue weighted by atomic mass is 10.1. The third kappa shape index (κ3) is 4.11. The molecule has 0 saturated heterocycles. The molecule has 6 nitrogen and oxygen atoms in total. The standard InChI is InChI=1S/C17H18ClN5OS/c1-10-8-11(2)23-16(19-10)21-17(22-23)25-9-15(24)20-12(3)13-6-4-5-7-14(13)18/h4-8,12H,9H2,1-3H3,(H,20,24)/t12-/m1/s1. The van der Waals surface area contributed by atoms with Gasteiger partial charge in [-0.05, 0) is 38.5 Å². The number of carbonyl (C=O) groups is 1. The van der Waals surface area contributed by atoms with Crippen LogP contribution in [0.1, 0.15) is 29.9 Å². The van der Waals surface area contributed by atoms with Crippen LogP contribution in [0.3, 0.4) is 0 Å². The van der Waals surface area contributed by atoms with Gasteiger partial charge in [-0.15, -0.1) is 5.10 Å². The number of benzene rings is 1. The van der Waals surface area contributed by atoms with E-state index >= 15 is 0 Å². The first-order valence-electron chi connectivity index (χ1n) is 7.81. The van der Waals surface area contributed by atoms with Crippen molar-refractivity contribution in [1.82, 2.24) is 24.9 Å². The number of hydrogen-bond donors (Lipinski definition) is 1. The molecule has 0 bridgehead atoms. The van der Waals surface area contributed by atoms with Crippen molar-refractivity contribution in [2.24, 2.45) is 0 Å². The molecule has 1 aromatic carbocycles. The van der Waals surface area contributed by atoms with Crippen LogP contribution in [0.2, 0.25) is 5.02 Å². The minimum absolute atomic E-state index is 0.0999. The van der Waals surface area contributed by atoms with E-state index in [9.17, 15) is 4.79 Å². The zero-order valence-electron chi connectivity index (χ0n) is 14.2. The second-order valence-electron chi connectivity index (χ2n) is 5.74. The zero-order valence-corrected chi connectivity index (χ0v) is 15.7. The maximum atomic E-state index is 12.2. The van der Waals surface area contributed by atoms with Gasteiger partial charge in [-0.2, -0.15) is 4.98 Å². The summed E-state index contributed by atoms with van der Waals surface area (Å²) < 4.78 is 1.68. The smallest absolute Gasteiger partial charge is 0.253 e. The molecule has 0 fully saturated rings. The lowest BCUT2D eigenvalue weighted by Gasteiger charge is -2.15. The van der Waals surface area contributed by atoms with Gasteiger partial charge in [-0.1, -0.05) is 41.6 Å². The number of hydrogen-bond acceptors (Lipinski definition) is 5. The Bertz CT molecular complexity index is 927. The van der Waals surface area contributed by atoms with Crippen molar-refractivity contribution in [3.8, 4) is 0 Å². The number of thioether (sulfide) groups is 1. The van der Waals surface area contributed by atoms with Gasteiger partial charge in [0.1, 0.15) is 0 Å². The Morgan fingerprint density at radius 3 is 2.84 bits per heavy atom.